The Bertz CT molecular complexity index is 666. The Labute approximate surface area is 115 Å². The third-order valence-electron chi connectivity index (χ3n) is 2.41. The van der Waals surface area contributed by atoms with Crippen LogP contribution in [0.4, 0.5) is 29.1 Å². The predicted molar refractivity (Wildman–Crippen MR) is 62.9 cm³/mol. The van der Waals surface area contributed by atoms with E-state index in [2.05, 4.69) is 20.0 Å². The Morgan fingerprint density at radius 1 is 1.10 bits per heavy atom. The molecule has 0 amide bonds. The van der Waals surface area contributed by atoms with E-state index in [0.29, 0.717) is 0 Å². The van der Waals surface area contributed by atoms with Gasteiger partial charge in [0.1, 0.15) is 11.5 Å². The molecule has 0 fully saturated rings. The van der Waals surface area contributed by atoms with Gasteiger partial charge in [0.15, 0.2) is 29.0 Å². The highest BCUT2D eigenvalue weighted by Gasteiger charge is 2.19. The van der Waals surface area contributed by atoms with Crippen molar-refractivity contribution in [2.45, 2.75) is 0 Å². The number of benzene rings is 1. The molecule has 2 rings (SSSR count). The number of nitrogens with zero attached hydrogens (tertiary/aromatic N) is 2. The number of carbonyl (C=O) groups excluding carboxylic acids is 1. The molecule has 2 aromatic rings. The van der Waals surface area contributed by atoms with Crippen LogP contribution < -0.4 is 5.32 Å². The van der Waals surface area contributed by atoms with Gasteiger partial charge < -0.3 is 10.1 Å². The summed E-state index contributed by atoms with van der Waals surface area (Å²) in [7, 11) is 1.14. The van der Waals surface area contributed by atoms with Gasteiger partial charge in [0.05, 0.1) is 19.5 Å². The SMILES string of the molecule is COC(=O)c1cnc(Nc2c(F)c(F)cc(F)c2F)cn1. The fourth-order valence-electron chi connectivity index (χ4n) is 1.41. The Morgan fingerprint density at radius 2 is 1.71 bits per heavy atom. The molecule has 0 unspecified atom stereocenters. The van der Waals surface area contributed by atoms with Gasteiger partial charge in [-0.05, 0) is 0 Å². The van der Waals surface area contributed by atoms with E-state index < -0.39 is 34.9 Å². The second kappa shape index (κ2) is 5.73. The molecular weight excluding hydrogens is 294 g/mol. The number of esters is 1. The highest BCUT2D eigenvalue weighted by molar-refractivity contribution is 5.86. The minimum absolute atomic E-state index is 0.0852. The highest BCUT2D eigenvalue weighted by atomic mass is 19.2. The Hall–Kier alpha value is -2.71. The molecule has 0 saturated carbocycles. The second-order valence-electron chi connectivity index (χ2n) is 3.75. The average molecular weight is 301 g/mol. The van der Waals surface area contributed by atoms with Gasteiger partial charge in [0.2, 0.25) is 0 Å². The van der Waals surface area contributed by atoms with Crippen LogP contribution in [0.3, 0.4) is 0 Å². The van der Waals surface area contributed by atoms with Crippen molar-refractivity contribution in [1.29, 1.82) is 0 Å². The Balaban J connectivity index is 2.33. The molecular formula is C12H7F4N3O2. The molecule has 0 atom stereocenters. The molecule has 9 heteroatoms. The van der Waals surface area contributed by atoms with Crippen molar-refractivity contribution < 1.29 is 27.1 Å². The zero-order valence-electron chi connectivity index (χ0n) is 10.5. The molecule has 0 spiro atoms. The number of anilines is 2. The summed E-state index contributed by atoms with van der Waals surface area (Å²) in [5.41, 5.74) is -1.19. The van der Waals surface area contributed by atoms with Crippen molar-refractivity contribution in [2.75, 3.05) is 12.4 Å². The fraction of sp³-hybridized carbons (Fsp3) is 0.0833. The summed E-state index contributed by atoms with van der Waals surface area (Å²) in [5.74, 6) is -7.31. The predicted octanol–water partition coefficient (Wildman–Crippen LogP) is 2.56. The van der Waals surface area contributed by atoms with Crippen molar-refractivity contribution in [3.05, 3.63) is 47.4 Å². The van der Waals surface area contributed by atoms with Crippen LogP contribution in [0.5, 0.6) is 0 Å². The molecule has 0 aliphatic rings. The Morgan fingerprint density at radius 3 is 2.19 bits per heavy atom. The zero-order chi connectivity index (χ0) is 15.6. The third-order valence-corrected chi connectivity index (χ3v) is 2.41. The summed E-state index contributed by atoms with van der Waals surface area (Å²) in [4.78, 5) is 18.4. The van der Waals surface area contributed by atoms with Crippen molar-refractivity contribution in [1.82, 2.24) is 9.97 Å². The van der Waals surface area contributed by atoms with Crippen LogP contribution in [0.15, 0.2) is 18.5 Å². The van der Waals surface area contributed by atoms with E-state index >= 15 is 0 Å². The van der Waals surface area contributed by atoms with Crippen molar-refractivity contribution in [2.24, 2.45) is 0 Å². The molecule has 1 aromatic heterocycles. The summed E-state index contributed by atoms with van der Waals surface area (Å²) in [6.45, 7) is 0. The number of nitrogens with one attached hydrogen (secondary N) is 1. The lowest BCUT2D eigenvalue weighted by Crippen LogP contribution is -2.07. The molecule has 0 aliphatic carbocycles. The minimum atomic E-state index is -1.60. The van der Waals surface area contributed by atoms with Crippen LogP contribution in [-0.4, -0.2) is 23.0 Å². The second-order valence-corrected chi connectivity index (χ2v) is 3.75. The van der Waals surface area contributed by atoms with Gasteiger partial charge in [-0.25, -0.2) is 32.3 Å². The van der Waals surface area contributed by atoms with Crippen LogP contribution in [0.1, 0.15) is 10.5 Å². The summed E-state index contributed by atoms with van der Waals surface area (Å²) in [6, 6.07) is 0.0852. The number of hydrogen-bond acceptors (Lipinski definition) is 5. The summed E-state index contributed by atoms with van der Waals surface area (Å²) in [6.07, 6.45) is 1.92. The Kier molecular flexibility index (Phi) is 4.01. The van der Waals surface area contributed by atoms with Crippen LogP contribution in [0.2, 0.25) is 0 Å². The van der Waals surface area contributed by atoms with E-state index in [9.17, 15) is 22.4 Å². The molecule has 0 radical (unpaired) electrons. The zero-order valence-corrected chi connectivity index (χ0v) is 10.5. The van der Waals surface area contributed by atoms with Gasteiger partial charge in [-0.1, -0.05) is 0 Å². The standard InChI is InChI=1S/C12H7F4N3O2/c1-21-12(20)7-3-18-8(4-17-7)19-11-9(15)5(13)2-6(14)10(11)16/h2-4H,1H3,(H,18,19). The third kappa shape index (κ3) is 2.91. The monoisotopic (exact) mass is 301 g/mol. The lowest BCUT2D eigenvalue weighted by molar-refractivity contribution is 0.0593. The summed E-state index contributed by atoms with van der Waals surface area (Å²) >= 11 is 0. The van der Waals surface area contributed by atoms with Crippen LogP contribution in [0, 0.1) is 23.3 Å². The molecule has 110 valence electrons. The smallest absolute Gasteiger partial charge is 0.358 e. The summed E-state index contributed by atoms with van der Waals surface area (Å²) in [5, 5.41) is 2.05. The van der Waals surface area contributed by atoms with E-state index in [0.717, 1.165) is 19.5 Å². The van der Waals surface area contributed by atoms with E-state index in [-0.39, 0.29) is 17.6 Å². The number of hydrogen-bond donors (Lipinski definition) is 1. The fourth-order valence-corrected chi connectivity index (χ4v) is 1.41. The molecule has 0 bridgehead atoms. The quantitative estimate of drug-likeness (QED) is 0.536. The van der Waals surface area contributed by atoms with Crippen LogP contribution in [-0.2, 0) is 4.74 Å². The number of ether oxygens (including phenoxy) is 1. The van der Waals surface area contributed by atoms with E-state index in [1.807, 2.05) is 0 Å². The lowest BCUT2D eigenvalue weighted by atomic mass is 10.2. The largest absolute Gasteiger partial charge is 0.464 e. The van der Waals surface area contributed by atoms with Crippen molar-refractivity contribution >= 4 is 17.5 Å². The van der Waals surface area contributed by atoms with Gasteiger partial charge in [-0.3, -0.25) is 0 Å². The maximum absolute atomic E-state index is 13.4. The molecule has 1 aromatic carbocycles. The average Bonchev–Trinajstić information content (AvgIpc) is 2.49. The van der Waals surface area contributed by atoms with Gasteiger partial charge in [-0.2, -0.15) is 0 Å². The van der Waals surface area contributed by atoms with Gasteiger partial charge in [0.25, 0.3) is 0 Å². The van der Waals surface area contributed by atoms with Crippen LogP contribution in [0.25, 0.3) is 0 Å². The molecule has 5 nitrogen and oxygen atoms in total. The normalized spacial score (nSPS) is 10.3. The number of methoxy groups -OCH3 is 1. The lowest BCUT2D eigenvalue weighted by Gasteiger charge is -2.09. The van der Waals surface area contributed by atoms with Gasteiger partial charge in [-0.15, -0.1) is 0 Å². The molecule has 21 heavy (non-hydrogen) atoms. The van der Waals surface area contributed by atoms with Crippen molar-refractivity contribution in [3.8, 4) is 0 Å². The summed E-state index contributed by atoms with van der Waals surface area (Å²) < 4.78 is 57.3. The van der Waals surface area contributed by atoms with Gasteiger partial charge in [0, 0.05) is 6.07 Å². The van der Waals surface area contributed by atoms with Crippen molar-refractivity contribution in [3.63, 3.8) is 0 Å². The van der Waals surface area contributed by atoms with E-state index in [1.165, 1.54) is 0 Å². The number of halogens is 4. The number of aromatic nitrogens is 2. The number of carbonyl (C=O) groups is 1. The molecule has 1 heterocycles. The van der Waals surface area contributed by atoms with E-state index in [1.54, 1.807) is 0 Å². The molecule has 0 saturated heterocycles. The topological polar surface area (TPSA) is 64.1 Å². The first-order valence-corrected chi connectivity index (χ1v) is 5.44. The highest BCUT2D eigenvalue weighted by Crippen LogP contribution is 2.26. The minimum Gasteiger partial charge on any atom is -0.464 e. The maximum Gasteiger partial charge on any atom is 0.358 e. The first kappa shape index (κ1) is 14.7. The maximum atomic E-state index is 13.4. The molecule has 0 aliphatic heterocycles. The number of rotatable bonds is 3. The van der Waals surface area contributed by atoms with Crippen LogP contribution >= 0.6 is 0 Å². The first-order chi connectivity index (χ1) is 9.93. The first-order valence-electron chi connectivity index (χ1n) is 5.44. The van der Waals surface area contributed by atoms with E-state index in [4.69, 9.17) is 0 Å². The molecule has 1 N–H and O–H groups in total. The van der Waals surface area contributed by atoms with Gasteiger partial charge >= 0.3 is 5.97 Å².